The maximum atomic E-state index is 13.1. The summed E-state index contributed by atoms with van der Waals surface area (Å²) in [5, 5.41) is 18.0. The Bertz CT molecular complexity index is 972. The zero-order chi connectivity index (χ0) is 22.6. The monoisotopic (exact) mass is 421 g/mol. The topological polar surface area (TPSA) is 104 Å². The number of pyridine rings is 1. The van der Waals surface area contributed by atoms with E-state index in [1.807, 2.05) is 37.8 Å². The van der Waals surface area contributed by atoms with Crippen LogP contribution in [0.25, 0.3) is 0 Å². The molecule has 0 aliphatic carbocycles. The van der Waals surface area contributed by atoms with Crippen LogP contribution in [-0.4, -0.2) is 44.7 Å². The average Bonchev–Trinajstić information content (AvgIpc) is 3.10. The molecule has 0 unspecified atom stereocenters. The van der Waals surface area contributed by atoms with Crippen molar-refractivity contribution < 1.29 is 19.4 Å². The van der Waals surface area contributed by atoms with Crippen molar-refractivity contribution in [3.8, 4) is 6.07 Å². The molecule has 162 valence electrons. The van der Waals surface area contributed by atoms with Crippen LogP contribution >= 0.6 is 0 Å². The van der Waals surface area contributed by atoms with Crippen molar-refractivity contribution in [2.45, 2.75) is 64.1 Å². The number of benzene rings is 1. The van der Waals surface area contributed by atoms with E-state index in [1.165, 1.54) is 0 Å². The molecule has 0 spiro atoms. The van der Waals surface area contributed by atoms with Crippen LogP contribution in [-0.2, 0) is 17.6 Å². The van der Waals surface area contributed by atoms with E-state index >= 15 is 0 Å². The molecule has 0 radical (unpaired) electrons. The van der Waals surface area contributed by atoms with E-state index in [4.69, 9.17) is 15.1 Å². The van der Waals surface area contributed by atoms with Gasteiger partial charge in [0.05, 0.1) is 5.56 Å². The van der Waals surface area contributed by atoms with Gasteiger partial charge in [-0.1, -0.05) is 18.2 Å². The Hall–Kier alpha value is -3.40. The van der Waals surface area contributed by atoms with Gasteiger partial charge in [0, 0.05) is 18.3 Å². The molecule has 3 rings (SSSR count). The van der Waals surface area contributed by atoms with Gasteiger partial charge in [-0.05, 0) is 75.8 Å². The van der Waals surface area contributed by atoms with E-state index in [9.17, 15) is 9.59 Å². The minimum atomic E-state index is -0.959. The van der Waals surface area contributed by atoms with Gasteiger partial charge in [-0.25, -0.2) is 14.6 Å². The van der Waals surface area contributed by atoms with Crippen molar-refractivity contribution in [2.75, 3.05) is 0 Å². The van der Waals surface area contributed by atoms with E-state index in [0.29, 0.717) is 18.5 Å². The number of carbonyl (C=O) groups excluding carboxylic acids is 1. The molecule has 1 aromatic heterocycles. The van der Waals surface area contributed by atoms with Gasteiger partial charge in [0.15, 0.2) is 0 Å². The fourth-order valence-electron chi connectivity index (χ4n) is 3.91. The minimum Gasteiger partial charge on any atom is -0.478 e. The Morgan fingerprint density at radius 2 is 1.68 bits per heavy atom. The normalized spacial score (nSPS) is 18.5. The minimum absolute atomic E-state index is 0.0344. The second kappa shape index (κ2) is 9.17. The molecule has 7 heteroatoms. The van der Waals surface area contributed by atoms with Crippen LogP contribution in [0.2, 0.25) is 0 Å². The van der Waals surface area contributed by atoms with Gasteiger partial charge in [0.2, 0.25) is 0 Å². The van der Waals surface area contributed by atoms with Crippen molar-refractivity contribution in [1.82, 2.24) is 9.88 Å². The lowest BCUT2D eigenvalue weighted by atomic mass is 10.0. The maximum Gasteiger partial charge on any atom is 0.410 e. The van der Waals surface area contributed by atoms with E-state index in [1.54, 1.807) is 36.5 Å². The number of aromatic carboxylic acids is 1. The molecule has 1 aliphatic heterocycles. The molecular formula is C24H27N3O4. The predicted molar refractivity (Wildman–Crippen MR) is 115 cm³/mol. The molecule has 1 saturated heterocycles. The standard InChI is InChI=1S/C24H27N3O4/c1-24(2,3)31-23(30)27-20(12-16-4-7-18(8-5-16)22(28)29)10-11-21(27)13-17-6-9-19(14-25)26-15-17/h4-9,15,20-21H,10-13H2,1-3H3,(H,28,29)/t20-,21+/m0/s1. The van der Waals surface area contributed by atoms with Gasteiger partial charge >= 0.3 is 12.1 Å². The van der Waals surface area contributed by atoms with Crippen LogP contribution in [0.5, 0.6) is 0 Å². The lowest BCUT2D eigenvalue weighted by Crippen LogP contribution is -2.45. The largest absolute Gasteiger partial charge is 0.478 e. The summed E-state index contributed by atoms with van der Waals surface area (Å²) in [6, 6.07) is 12.3. The number of hydrogen-bond donors (Lipinski definition) is 1. The number of aromatic nitrogens is 1. The van der Waals surface area contributed by atoms with Crippen molar-refractivity contribution in [2.24, 2.45) is 0 Å². The fourth-order valence-corrected chi connectivity index (χ4v) is 3.91. The molecule has 1 N–H and O–H groups in total. The van der Waals surface area contributed by atoms with Crippen molar-refractivity contribution in [1.29, 1.82) is 5.26 Å². The third-order valence-electron chi connectivity index (χ3n) is 5.31. The highest BCUT2D eigenvalue weighted by atomic mass is 16.6. The highest BCUT2D eigenvalue weighted by Crippen LogP contribution is 2.31. The van der Waals surface area contributed by atoms with Crippen molar-refractivity contribution in [3.63, 3.8) is 0 Å². The van der Waals surface area contributed by atoms with E-state index in [-0.39, 0.29) is 23.7 Å². The summed E-state index contributed by atoms with van der Waals surface area (Å²) in [6.45, 7) is 5.54. The summed E-state index contributed by atoms with van der Waals surface area (Å²) in [5.41, 5.74) is 1.94. The second-order valence-electron chi connectivity index (χ2n) is 8.85. The summed E-state index contributed by atoms with van der Waals surface area (Å²) in [7, 11) is 0. The van der Waals surface area contributed by atoms with E-state index in [0.717, 1.165) is 24.0 Å². The third-order valence-corrected chi connectivity index (χ3v) is 5.31. The lowest BCUT2D eigenvalue weighted by Gasteiger charge is -2.33. The Kier molecular flexibility index (Phi) is 6.59. The van der Waals surface area contributed by atoms with Crippen molar-refractivity contribution in [3.05, 3.63) is 65.0 Å². The SMILES string of the molecule is CC(C)(C)OC(=O)N1[C@@H](Cc2ccc(C#N)nc2)CC[C@H]1Cc1ccc(C(=O)O)cc1. The highest BCUT2D eigenvalue weighted by molar-refractivity contribution is 5.87. The molecule has 1 fully saturated rings. The van der Waals surface area contributed by atoms with Gasteiger partial charge < -0.3 is 14.7 Å². The molecule has 2 heterocycles. The fraction of sp³-hybridized carbons (Fsp3) is 0.417. The van der Waals surface area contributed by atoms with Gasteiger partial charge in [0.1, 0.15) is 17.4 Å². The van der Waals surface area contributed by atoms with Crippen LogP contribution in [0.1, 0.15) is 60.8 Å². The van der Waals surface area contributed by atoms with Crippen LogP contribution in [0, 0.1) is 11.3 Å². The zero-order valence-corrected chi connectivity index (χ0v) is 18.0. The summed E-state index contributed by atoms with van der Waals surface area (Å²) in [6.07, 6.45) is 4.26. The molecule has 7 nitrogen and oxygen atoms in total. The first-order valence-electron chi connectivity index (χ1n) is 10.3. The molecule has 1 aromatic carbocycles. The predicted octanol–water partition coefficient (Wildman–Crippen LogP) is 4.20. The molecule has 0 saturated carbocycles. The summed E-state index contributed by atoms with van der Waals surface area (Å²) in [4.78, 5) is 30.1. The number of carboxylic acid groups (broad SMARTS) is 1. The first-order valence-corrected chi connectivity index (χ1v) is 10.3. The van der Waals surface area contributed by atoms with Gasteiger partial charge in [-0.15, -0.1) is 0 Å². The van der Waals surface area contributed by atoms with E-state index in [2.05, 4.69) is 4.98 Å². The first-order chi connectivity index (χ1) is 14.7. The number of carbonyl (C=O) groups is 2. The number of likely N-dealkylation sites (tertiary alicyclic amines) is 1. The Morgan fingerprint density at radius 1 is 1.10 bits per heavy atom. The van der Waals surface area contributed by atoms with Gasteiger partial charge in [0.25, 0.3) is 0 Å². The number of rotatable bonds is 5. The smallest absolute Gasteiger partial charge is 0.410 e. The second-order valence-corrected chi connectivity index (χ2v) is 8.85. The number of nitrogens with zero attached hydrogens (tertiary/aromatic N) is 3. The molecule has 1 amide bonds. The summed E-state index contributed by atoms with van der Waals surface area (Å²) in [5.74, 6) is -0.959. The quantitative estimate of drug-likeness (QED) is 0.776. The Labute approximate surface area is 182 Å². The van der Waals surface area contributed by atoms with Gasteiger partial charge in [-0.2, -0.15) is 5.26 Å². The molecule has 2 atom stereocenters. The average molecular weight is 421 g/mol. The molecule has 1 aliphatic rings. The van der Waals surface area contributed by atoms with Crippen LogP contribution in [0.3, 0.4) is 0 Å². The van der Waals surface area contributed by atoms with Crippen LogP contribution < -0.4 is 0 Å². The Morgan fingerprint density at radius 3 is 2.16 bits per heavy atom. The summed E-state index contributed by atoms with van der Waals surface area (Å²) >= 11 is 0. The zero-order valence-electron chi connectivity index (χ0n) is 18.0. The van der Waals surface area contributed by atoms with Crippen molar-refractivity contribution >= 4 is 12.1 Å². The van der Waals surface area contributed by atoms with Crippen LogP contribution in [0.15, 0.2) is 42.6 Å². The Balaban J connectivity index is 1.79. The lowest BCUT2D eigenvalue weighted by molar-refractivity contribution is 0.0146. The van der Waals surface area contributed by atoms with E-state index < -0.39 is 11.6 Å². The number of nitriles is 1. The number of carboxylic acids is 1. The van der Waals surface area contributed by atoms with Crippen LogP contribution in [0.4, 0.5) is 4.79 Å². The summed E-state index contributed by atoms with van der Waals surface area (Å²) < 4.78 is 5.70. The third kappa shape index (κ3) is 5.82. The highest BCUT2D eigenvalue weighted by Gasteiger charge is 2.39. The molecule has 0 bridgehead atoms. The number of amides is 1. The molecule has 31 heavy (non-hydrogen) atoms. The number of ether oxygens (including phenoxy) is 1. The molecular weight excluding hydrogens is 394 g/mol. The maximum absolute atomic E-state index is 13.1. The molecule has 2 aromatic rings. The van der Waals surface area contributed by atoms with Gasteiger partial charge in [-0.3, -0.25) is 0 Å². The first kappa shape index (κ1) is 22.3. The number of hydrogen-bond acceptors (Lipinski definition) is 5.